The van der Waals surface area contributed by atoms with Crippen molar-refractivity contribution in [2.75, 3.05) is 0 Å². The molecule has 2 heteroatoms. The Hall–Kier alpha value is -0.530. The van der Waals surface area contributed by atoms with Crippen molar-refractivity contribution in [3.05, 3.63) is 0 Å². The Morgan fingerprint density at radius 3 is 2.50 bits per heavy atom. The molecule has 2 nitrogen and oxygen atoms in total. The van der Waals surface area contributed by atoms with Gasteiger partial charge in [0.25, 0.3) is 0 Å². The Morgan fingerprint density at radius 1 is 1.29 bits per heavy atom. The van der Waals surface area contributed by atoms with E-state index in [2.05, 4.69) is 32.6 Å². The molecule has 0 aromatic rings. The summed E-state index contributed by atoms with van der Waals surface area (Å²) in [4.78, 5) is 14.3. The number of carbonyl (C=O) groups excluding carboxylic acids is 1. The van der Waals surface area contributed by atoms with E-state index in [0.29, 0.717) is 23.8 Å². The first-order chi connectivity index (χ1) is 6.41. The van der Waals surface area contributed by atoms with Crippen molar-refractivity contribution in [1.82, 2.24) is 4.90 Å². The maximum absolute atomic E-state index is 12.1. The minimum absolute atomic E-state index is 0.00903. The van der Waals surface area contributed by atoms with E-state index < -0.39 is 0 Å². The monoisotopic (exact) mass is 195 g/mol. The van der Waals surface area contributed by atoms with Gasteiger partial charge in [-0.3, -0.25) is 4.79 Å². The molecule has 1 heterocycles. The summed E-state index contributed by atoms with van der Waals surface area (Å²) in [6.07, 6.45) is 3.45. The molecule has 3 unspecified atom stereocenters. The highest BCUT2D eigenvalue weighted by Crippen LogP contribution is 2.42. The van der Waals surface area contributed by atoms with Gasteiger partial charge in [-0.15, -0.1) is 0 Å². The maximum atomic E-state index is 12.1. The lowest BCUT2D eigenvalue weighted by molar-refractivity contribution is -0.136. The molecule has 3 atom stereocenters. The van der Waals surface area contributed by atoms with E-state index in [-0.39, 0.29) is 5.54 Å². The average molecular weight is 195 g/mol. The molecule has 2 bridgehead atoms. The lowest BCUT2D eigenvalue weighted by Gasteiger charge is -2.39. The summed E-state index contributed by atoms with van der Waals surface area (Å²) in [6, 6.07) is 0.515. The van der Waals surface area contributed by atoms with Gasteiger partial charge in [0.2, 0.25) is 5.91 Å². The molecule has 2 rings (SSSR count). The van der Waals surface area contributed by atoms with Gasteiger partial charge >= 0.3 is 0 Å². The van der Waals surface area contributed by atoms with Crippen LogP contribution in [0.25, 0.3) is 0 Å². The van der Waals surface area contributed by atoms with E-state index in [4.69, 9.17) is 0 Å². The Bertz CT molecular complexity index is 254. The summed E-state index contributed by atoms with van der Waals surface area (Å²) in [5, 5.41) is 0. The lowest BCUT2D eigenvalue weighted by Crippen LogP contribution is -2.48. The molecule has 0 aromatic carbocycles. The molecule has 80 valence electrons. The van der Waals surface area contributed by atoms with E-state index in [9.17, 15) is 4.79 Å². The van der Waals surface area contributed by atoms with Gasteiger partial charge in [0.15, 0.2) is 0 Å². The fraction of sp³-hybridized carbons (Fsp3) is 0.917. The van der Waals surface area contributed by atoms with Gasteiger partial charge in [0.05, 0.1) is 0 Å². The van der Waals surface area contributed by atoms with Gasteiger partial charge in [-0.25, -0.2) is 0 Å². The van der Waals surface area contributed by atoms with Crippen molar-refractivity contribution < 1.29 is 4.79 Å². The van der Waals surface area contributed by atoms with Crippen LogP contribution >= 0.6 is 0 Å². The third-order valence-electron chi connectivity index (χ3n) is 3.79. The molecule has 14 heavy (non-hydrogen) atoms. The van der Waals surface area contributed by atoms with Gasteiger partial charge < -0.3 is 4.90 Å². The fourth-order valence-electron chi connectivity index (χ4n) is 3.07. The number of rotatable bonds is 0. The van der Waals surface area contributed by atoms with Gasteiger partial charge in [-0.2, -0.15) is 0 Å². The first kappa shape index (κ1) is 10.0. The molecule has 2 fully saturated rings. The second-order valence-corrected chi connectivity index (χ2v) is 5.93. The Labute approximate surface area is 86.7 Å². The largest absolute Gasteiger partial charge is 0.334 e. The van der Waals surface area contributed by atoms with Crippen molar-refractivity contribution in [1.29, 1.82) is 0 Å². The van der Waals surface area contributed by atoms with Crippen LogP contribution in [0.3, 0.4) is 0 Å². The Morgan fingerprint density at radius 2 is 1.93 bits per heavy atom. The van der Waals surface area contributed by atoms with Crippen LogP contribution < -0.4 is 0 Å². The van der Waals surface area contributed by atoms with Crippen LogP contribution in [-0.4, -0.2) is 22.4 Å². The molecule has 2 aliphatic rings. The van der Waals surface area contributed by atoms with Crippen molar-refractivity contribution in [2.45, 2.75) is 58.5 Å². The quantitative estimate of drug-likeness (QED) is 0.581. The van der Waals surface area contributed by atoms with Crippen LogP contribution in [0.4, 0.5) is 0 Å². The summed E-state index contributed by atoms with van der Waals surface area (Å²) >= 11 is 0. The van der Waals surface area contributed by atoms with Crippen molar-refractivity contribution in [3.8, 4) is 0 Å². The summed E-state index contributed by atoms with van der Waals surface area (Å²) in [5.41, 5.74) is 0.00903. The average Bonchev–Trinajstić information content (AvgIpc) is 2.32. The van der Waals surface area contributed by atoms with Gasteiger partial charge in [0, 0.05) is 17.5 Å². The molecule has 1 aliphatic heterocycles. The van der Waals surface area contributed by atoms with Crippen molar-refractivity contribution in [2.24, 2.45) is 11.8 Å². The smallest absolute Gasteiger partial charge is 0.226 e. The Kier molecular flexibility index (Phi) is 2.13. The van der Waals surface area contributed by atoms with Crippen LogP contribution in [0.2, 0.25) is 0 Å². The molecular weight excluding hydrogens is 174 g/mol. The first-order valence-corrected chi connectivity index (χ1v) is 5.74. The van der Waals surface area contributed by atoms with Gasteiger partial charge in [-0.05, 0) is 46.0 Å². The lowest BCUT2D eigenvalue weighted by atomic mass is 9.82. The number of carbonyl (C=O) groups is 1. The summed E-state index contributed by atoms with van der Waals surface area (Å²) < 4.78 is 0. The number of hydrogen-bond acceptors (Lipinski definition) is 1. The van der Waals surface area contributed by atoms with Crippen LogP contribution in [0.1, 0.15) is 47.0 Å². The van der Waals surface area contributed by atoms with Crippen molar-refractivity contribution in [3.63, 3.8) is 0 Å². The highest BCUT2D eigenvalue weighted by atomic mass is 16.2. The van der Waals surface area contributed by atoms with E-state index in [1.165, 1.54) is 6.42 Å². The molecule has 0 N–H and O–H groups in total. The van der Waals surface area contributed by atoms with E-state index >= 15 is 0 Å². The molecule has 1 amide bonds. The topological polar surface area (TPSA) is 20.3 Å². The Balaban J connectivity index is 2.28. The molecule has 1 saturated heterocycles. The first-order valence-electron chi connectivity index (χ1n) is 5.74. The minimum Gasteiger partial charge on any atom is -0.334 e. The summed E-state index contributed by atoms with van der Waals surface area (Å²) in [6.45, 7) is 8.74. The molecule has 1 saturated carbocycles. The minimum atomic E-state index is 0.00903. The number of nitrogens with zero attached hydrogens (tertiary/aromatic N) is 1. The zero-order valence-corrected chi connectivity index (χ0v) is 9.71. The zero-order chi connectivity index (χ0) is 10.5. The number of likely N-dealkylation sites (tertiary alicyclic amines) is 1. The van der Waals surface area contributed by atoms with Crippen molar-refractivity contribution >= 4 is 5.91 Å². The number of amides is 1. The van der Waals surface area contributed by atoms with E-state index in [1.54, 1.807) is 0 Å². The number of hydrogen-bond donors (Lipinski definition) is 0. The fourth-order valence-corrected chi connectivity index (χ4v) is 3.07. The van der Waals surface area contributed by atoms with Crippen LogP contribution in [0.5, 0.6) is 0 Å². The normalized spacial score (nSPS) is 37.9. The molecule has 0 aromatic heterocycles. The zero-order valence-electron chi connectivity index (χ0n) is 9.71. The predicted octanol–water partition coefficient (Wildman–Crippen LogP) is 2.43. The van der Waals surface area contributed by atoms with E-state index in [0.717, 1.165) is 12.8 Å². The van der Waals surface area contributed by atoms with E-state index in [1.807, 2.05) is 0 Å². The third-order valence-corrected chi connectivity index (χ3v) is 3.79. The molecule has 1 aliphatic carbocycles. The number of fused-ring (bicyclic) bond motifs is 2. The molecule has 0 radical (unpaired) electrons. The SMILES string of the molecule is CC1CCC2CC1N(C(C)(C)C)C2=O. The summed E-state index contributed by atoms with van der Waals surface area (Å²) in [5.74, 6) is 1.44. The molecular formula is C12H21NO. The molecule has 0 spiro atoms. The second kappa shape index (κ2) is 2.98. The van der Waals surface area contributed by atoms with Crippen LogP contribution in [0, 0.1) is 11.8 Å². The van der Waals surface area contributed by atoms with Crippen LogP contribution in [-0.2, 0) is 4.79 Å². The van der Waals surface area contributed by atoms with Gasteiger partial charge in [0.1, 0.15) is 0 Å². The summed E-state index contributed by atoms with van der Waals surface area (Å²) in [7, 11) is 0. The predicted molar refractivity (Wildman–Crippen MR) is 56.9 cm³/mol. The van der Waals surface area contributed by atoms with Gasteiger partial charge in [-0.1, -0.05) is 6.92 Å². The maximum Gasteiger partial charge on any atom is 0.226 e. The highest BCUT2D eigenvalue weighted by Gasteiger charge is 2.48. The standard InChI is InChI=1S/C12H21NO/c1-8-5-6-9-7-10(8)13(11(9)14)12(2,3)4/h8-10H,5-7H2,1-4H3. The third kappa shape index (κ3) is 1.35. The highest BCUT2D eigenvalue weighted by molar-refractivity contribution is 5.82. The second-order valence-electron chi connectivity index (χ2n) is 5.93. The van der Waals surface area contributed by atoms with Crippen LogP contribution in [0.15, 0.2) is 0 Å².